The lowest BCUT2D eigenvalue weighted by Crippen LogP contribution is -2.21. The molecular formula is C10H13NO3. The summed E-state index contributed by atoms with van der Waals surface area (Å²) in [5.74, 6) is -0.329. The van der Waals surface area contributed by atoms with Crippen molar-refractivity contribution in [3.8, 4) is 0 Å². The second kappa shape index (κ2) is 4.60. The van der Waals surface area contributed by atoms with Gasteiger partial charge in [-0.3, -0.25) is 9.59 Å². The van der Waals surface area contributed by atoms with Crippen molar-refractivity contribution in [2.45, 2.75) is 20.4 Å². The van der Waals surface area contributed by atoms with Crippen LogP contribution < -0.4 is 5.56 Å². The summed E-state index contributed by atoms with van der Waals surface area (Å²) in [4.78, 5) is 21.8. The van der Waals surface area contributed by atoms with Gasteiger partial charge >= 0.3 is 5.97 Å². The van der Waals surface area contributed by atoms with Crippen LogP contribution in [0.3, 0.4) is 0 Å². The first kappa shape index (κ1) is 10.5. The fourth-order valence-corrected chi connectivity index (χ4v) is 1.08. The summed E-state index contributed by atoms with van der Waals surface area (Å²) in [6, 6.07) is 3.39. The lowest BCUT2D eigenvalue weighted by Gasteiger charge is -2.05. The lowest BCUT2D eigenvalue weighted by atomic mass is 10.3. The van der Waals surface area contributed by atoms with Crippen molar-refractivity contribution in [1.82, 2.24) is 4.57 Å². The molecule has 1 rings (SSSR count). The molecule has 0 fully saturated rings. The Balaban J connectivity index is 2.59. The highest BCUT2D eigenvalue weighted by Crippen LogP contribution is 1.91. The van der Waals surface area contributed by atoms with E-state index in [1.54, 1.807) is 12.3 Å². The second-order valence-corrected chi connectivity index (χ2v) is 3.08. The number of nitrogens with zero attached hydrogens (tertiary/aromatic N) is 1. The van der Waals surface area contributed by atoms with E-state index in [0.29, 0.717) is 6.54 Å². The highest BCUT2D eigenvalue weighted by molar-refractivity contribution is 5.65. The average molecular weight is 195 g/mol. The molecule has 0 saturated carbocycles. The molecule has 0 saturated heterocycles. The molecule has 0 aliphatic rings. The van der Waals surface area contributed by atoms with Gasteiger partial charge in [0.2, 0.25) is 0 Å². The van der Waals surface area contributed by atoms with Crippen molar-refractivity contribution in [3.05, 3.63) is 34.2 Å². The molecule has 0 aliphatic heterocycles. The van der Waals surface area contributed by atoms with E-state index < -0.39 is 0 Å². The fourth-order valence-electron chi connectivity index (χ4n) is 1.08. The minimum Gasteiger partial charge on any atom is -0.464 e. The van der Waals surface area contributed by atoms with Gasteiger partial charge in [0.05, 0.1) is 6.54 Å². The summed E-state index contributed by atoms with van der Waals surface area (Å²) in [6.45, 7) is 3.84. The van der Waals surface area contributed by atoms with E-state index >= 15 is 0 Å². The Morgan fingerprint density at radius 1 is 1.57 bits per heavy atom. The molecule has 1 aromatic heterocycles. The first-order valence-electron chi connectivity index (χ1n) is 4.40. The molecule has 76 valence electrons. The largest absolute Gasteiger partial charge is 0.464 e. The van der Waals surface area contributed by atoms with E-state index in [4.69, 9.17) is 4.74 Å². The molecule has 1 aromatic rings. The second-order valence-electron chi connectivity index (χ2n) is 3.08. The van der Waals surface area contributed by atoms with Crippen molar-refractivity contribution < 1.29 is 9.53 Å². The summed E-state index contributed by atoms with van der Waals surface area (Å²) >= 11 is 0. The van der Waals surface area contributed by atoms with Crippen LogP contribution in [-0.2, 0) is 16.1 Å². The van der Waals surface area contributed by atoms with Crippen LogP contribution >= 0.6 is 0 Å². The molecule has 0 unspecified atom stereocenters. The van der Waals surface area contributed by atoms with E-state index in [1.807, 2.05) is 13.0 Å². The van der Waals surface area contributed by atoms with E-state index in [1.165, 1.54) is 11.5 Å². The van der Waals surface area contributed by atoms with Gasteiger partial charge in [0, 0.05) is 19.2 Å². The van der Waals surface area contributed by atoms with Crippen LogP contribution in [0, 0.1) is 6.92 Å². The molecule has 1 heterocycles. The van der Waals surface area contributed by atoms with Crippen LogP contribution in [0.5, 0.6) is 0 Å². The van der Waals surface area contributed by atoms with Gasteiger partial charge in [-0.15, -0.1) is 0 Å². The molecule has 0 bridgehead atoms. The minimum absolute atomic E-state index is 0.0721. The number of rotatable bonds is 3. The Kier molecular flexibility index (Phi) is 3.45. The maximum Gasteiger partial charge on any atom is 0.302 e. The molecule has 0 aromatic carbocycles. The van der Waals surface area contributed by atoms with E-state index in [2.05, 4.69) is 0 Å². The Hall–Kier alpha value is -1.58. The van der Waals surface area contributed by atoms with Crippen molar-refractivity contribution >= 4 is 5.97 Å². The molecule has 0 N–H and O–H groups in total. The third-order valence-electron chi connectivity index (χ3n) is 1.79. The van der Waals surface area contributed by atoms with Crippen LogP contribution in [0.2, 0.25) is 0 Å². The zero-order valence-electron chi connectivity index (χ0n) is 8.32. The van der Waals surface area contributed by atoms with Crippen molar-refractivity contribution in [3.63, 3.8) is 0 Å². The number of aromatic nitrogens is 1. The molecule has 0 aliphatic carbocycles. The number of ether oxygens (including phenoxy) is 1. The highest BCUT2D eigenvalue weighted by Gasteiger charge is 1.97. The van der Waals surface area contributed by atoms with Gasteiger partial charge in [-0.2, -0.15) is 0 Å². The topological polar surface area (TPSA) is 48.3 Å². The number of pyridine rings is 1. The zero-order valence-corrected chi connectivity index (χ0v) is 8.32. The maximum atomic E-state index is 11.3. The van der Waals surface area contributed by atoms with Gasteiger partial charge in [-0.05, 0) is 18.6 Å². The van der Waals surface area contributed by atoms with E-state index in [0.717, 1.165) is 5.56 Å². The van der Waals surface area contributed by atoms with E-state index in [9.17, 15) is 9.59 Å². The van der Waals surface area contributed by atoms with Gasteiger partial charge in [0.1, 0.15) is 6.61 Å². The molecule has 4 heteroatoms. The first-order valence-corrected chi connectivity index (χ1v) is 4.40. The Bertz CT molecular complexity index is 381. The smallest absolute Gasteiger partial charge is 0.302 e. The number of hydrogen-bond acceptors (Lipinski definition) is 3. The van der Waals surface area contributed by atoms with Crippen molar-refractivity contribution in [1.29, 1.82) is 0 Å². The summed E-state index contributed by atoms with van der Waals surface area (Å²) in [7, 11) is 0. The number of carbonyl (C=O) groups excluding carboxylic acids is 1. The Labute approximate surface area is 82.1 Å². The standard InChI is InChI=1S/C10H13NO3/c1-8-3-4-11(10(13)7-8)5-6-14-9(2)12/h3-4,7H,5-6H2,1-2H3. The van der Waals surface area contributed by atoms with Gasteiger partial charge in [0.25, 0.3) is 5.56 Å². The normalized spacial score (nSPS) is 9.86. The minimum atomic E-state index is -0.329. The quantitative estimate of drug-likeness (QED) is 0.668. The average Bonchev–Trinajstić information content (AvgIpc) is 2.08. The third-order valence-corrected chi connectivity index (χ3v) is 1.79. The highest BCUT2D eigenvalue weighted by atomic mass is 16.5. The first-order chi connectivity index (χ1) is 6.59. The maximum absolute atomic E-state index is 11.3. The van der Waals surface area contributed by atoms with Crippen LogP contribution in [-0.4, -0.2) is 17.1 Å². The lowest BCUT2D eigenvalue weighted by molar-refractivity contribution is -0.141. The van der Waals surface area contributed by atoms with Crippen LogP contribution in [0.4, 0.5) is 0 Å². The summed E-state index contributed by atoms with van der Waals surface area (Å²) in [5.41, 5.74) is 0.857. The molecule has 0 atom stereocenters. The van der Waals surface area contributed by atoms with E-state index in [-0.39, 0.29) is 18.1 Å². The zero-order chi connectivity index (χ0) is 10.6. The number of aryl methyl sites for hydroxylation is 1. The van der Waals surface area contributed by atoms with Gasteiger partial charge < -0.3 is 9.30 Å². The summed E-state index contributed by atoms with van der Waals surface area (Å²) < 4.78 is 6.24. The molecular weight excluding hydrogens is 182 g/mol. The predicted molar refractivity (Wildman–Crippen MR) is 52.1 cm³/mol. The molecule has 4 nitrogen and oxygen atoms in total. The molecule has 0 radical (unpaired) electrons. The Morgan fingerprint density at radius 3 is 2.86 bits per heavy atom. The number of carbonyl (C=O) groups is 1. The van der Waals surface area contributed by atoms with Crippen molar-refractivity contribution in [2.24, 2.45) is 0 Å². The van der Waals surface area contributed by atoms with Crippen LogP contribution in [0.25, 0.3) is 0 Å². The SMILES string of the molecule is CC(=O)OCCn1ccc(C)cc1=O. The monoisotopic (exact) mass is 195 g/mol. The number of hydrogen-bond donors (Lipinski definition) is 0. The molecule has 0 amide bonds. The van der Waals surface area contributed by atoms with Crippen molar-refractivity contribution in [2.75, 3.05) is 6.61 Å². The summed E-state index contributed by atoms with van der Waals surface area (Å²) in [5, 5.41) is 0. The number of esters is 1. The Morgan fingerprint density at radius 2 is 2.29 bits per heavy atom. The molecule has 0 spiro atoms. The van der Waals surface area contributed by atoms with Gasteiger partial charge in [0.15, 0.2) is 0 Å². The molecule has 14 heavy (non-hydrogen) atoms. The fraction of sp³-hybridized carbons (Fsp3) is 0.400. The van der Waals surface area contributed by atoms with Crippen LogP contribution in [0.15, 0.2) is 23.1 Å². The third kappa shape index (κ3) is 3.05. The predicted octanol–water partition coefficient (Wildman–Crippen LogP) is 0.720. The van der Waals surface area contributed by atoms with Crippen LogP contribution in [0.1, 0.15) is 12.5 Å². The summed E-state index contributed by atoms with van der Waals surface area (Å²) in [6.07, 6.45) is 1.70. The van der Waals surface area contributed by atoms with Gasteiger partial charge in [-0.1, -0.05) is 0 Å². The van der Waals surface area contributed by atoms with Gasteiger partial charge in [-0.25, -0.2) is 0 Å².